The molecule has 0 saturated heterocycles. The molecule has 0 spiro atoms. The van der Waals surface area contributed by atoms with Crippen molar-refractivity contribution in [3.05, 3.63) is 33.8 Å². The van der Waals surface area contributed by atoms with Crippen LogP contribution in [-0.2, 0) is 4.74 Å². The van der Waals surface area contributed by atoms with Crippen LogP contribution in [0.4, 0.5) is 0 Å². The van der Waals surface area contributed by atoms with Gasteiger partial charge in [-0.25, -0.2) is 0 Å². The van der Waals surface area contributed by atoms with E-state index < -0.39 is 6.10 Å². The van der Waals surface area contributed by atoms with Gasteiger partial charge in [-0.05, 0) is 24.6 Å². The fourth-order valence-electron chi connectivity index (χ4n) is 1.25. The lowest BCUT2D eigenvalue weighted by Gasteiger charge is -2.16. The molecule has 16 heavy (non-hydrogen) atoms. The number of benzene rings is 1. The standard InChI is InChI=1S/C10H12Cl2N2O2/c1-2-16-9(10(13)14-15)6-3-4-7(11)8(12)5-6/h3-5,9,15H,2H2,1H3,(H2,13,14)/t9-/m0/s1. The minimum atomic E-state index is -0.621. The molecule has 1 aromatic rings. The van der Waals surface area contributed by atoms with Crippen LogP contribution in [0.5, 0.6) is 0 Å². The highest BCUT2D eigenvalue weighted by Gasteiger charge is 2.17. The van der Waals surface area contributed by atoms with Crippen molar-refractivity contribution in [1.29, 1.82) is 0 Å². The van der Waals surface area contributed by atoms with Gasteiger partial charge in [0.05, 0.1) is 10.0 Å². The highest BCUT2D eigenvalue weighted by atomic mass is 35.5. The molecule has 0 unspecified atom stereocenters. The predicted octanol–water partition coefficient (Wildman–Crippen LogP) is 2.82. The van der Waals surface area contributed by atoms with E-state index in [1.807, 2.05) is 6.92 Å². The monoisotopic (exact) mass is 262 g/mol. The summed E-state index contributed by atoms with van der Waals surface area (Å²) in [6, 6.07) is 4.98. The molecule has 3 N–H and O–H groups in total. The largest absolute Gasteiger partial charge is 0.409 e. The fourth-order valence-corrected chi connectivity index (χ4v) is 1.55. The van der Waals surface area contributed by atoms with Crippen molar-refractivity contribution in [2.45, 2.75) is 13.0 Å². The Morgan fingerprint density at radius 1 is 1.50 bits per heavy atom. The van der Waals surface area contributed by atoms with Gasteiger partial charge in [-0.1, -0.05) is 34.4 Å². The second-order valence-electron chi connectivity index (χ2n) is 3.03. The Labute approximate surface area is 104 Å². The molecule has 0 heterocycles. The summed E-state index contributed by atoms with van der Waals surface area (Å²) < 4.78 is 5.36. The van der Waals surface area contributed by atoms with Crippen molar-refractivity contribution in [3.8, 4) is 0 Å². The summed E-state index contributed by atoms with van der Waals surface area (Å²) in [6.07, 6.45) is -0.621. The minimum absolute atomic E-state index is 0.0276. The Hall–Kier alpha value is -0.970. The summed E-state index contributed by atoms with van der Waals surface area (Å²) >= 11 is 11.7. The maximum atomic E-state index is 8.64. The first-order valence-corrected chi connectivity index (χ1v) is 5.39. The summed E-state index contributed by atoms with van der Waals surface area (Å²) in [5, 5.41) is 12.4. The molecule has 1 aromatic carbocycles. The van der Waals surface area contributed by atoms with Crippen LogP contribution in [0, 0.1) is 0 Å². The first kappa shape index (κ1) is 13.1. The minimum Gasteiger partial charge on any atom is -0.409 e. The number of hydrogen-bond acceptors (Lipinski definition) is 3. The van der Waals surface area contributed by atoms with Gasteiger partial charge < -0.3 is 15.7 Å². The maximum Gasteiger partial charge on any atom is 0.173 e. The summed E-state index contributed by atoms with van der Waals surface area (Å²) in [4.78, 5) is 0. The number of nitrogens with zero attached hydrogens (tertiary/aromatic N) is 1. The number of amidine groups is 1. The fraction of sp³-hybridized carbons (Fsp3) is 0.300. The highest BCUT2D eigenvalue weighted by molar-refractivity contribution is 6.42. The van der Waals surface area contributed by atoms with E-state index in [2.05, 4.69) is 5.16 Å². The molecular weight excluding hydrogens is 251 g/mol. The van der Waals surface area contributed by atoms with Crippen molar-refractivity contribution in [2.75, 3.05) is 6.61 Å². The zero-order chi connectivity index (χ0) is 12.1. The molecule has 0 amide bonds. The van der Waals surface area contributed by atoms with Gasteiger partial charge in [-0.15, -0.1) is 0 Å². The summed E-state index contributed by atoms with van der Waals surface area (Å²) in [6.45, 7) is 2.25. The number of halogens is 2. The third kappa shape index (κ3) is 3.01. The van der Waals surface area contributed by atoms with Crippen LogP contribution < -0.4 is 5.73 Å². The van der Waals surface area contributed by atoms with Crippen molar-refractivity contribution in [3.63, 3.8) is 0 Å². The van der Waals surface area contributed by atoms with Gasteiger partial charge in [-0.2, -0.15) is 0 Å². The van der Waals surface area contributed by atoms with Crippen molar-refractivity contribution < 1.29 is 9.94 Å². The van der Waals surface area contributed by atoms with E-state index in [1.54, 1.807) is 18.2 Å². The number of nitrogens with two attached hydrogens (primary N) is 1. The zero-order valence-corrected chi connectivity index (χ0v) is 10.2. The van der Waals surface area contributed by atoms with Gasteiger partial charge in [0.25, 0.3) is 0 Å². The molecule has 0 aromatic heterocycles. The molecule has 0 aliphatic carbocycles. The average Bonchev–Trinajstić information content (AvgIpc) is 2.29. The van der Waals surface area contributed by atoms with E-state index in [1.165, 1.54) is 0 Å². The van der Waals surface area contributed by atoms with Crippen LogP contribution in [0.15, 0.2) is 23.4 Å². The third-order valence-electron chi connectivity index (χ3n) is 1.96. The van der Waals surface area contributed by atoms with Crippen molar-refractivity contribution in [2.24, 2.45) is 10.9 Å². The van der Waals surface area contributed by atoms with Gasteiger partial charge in [-0.3, -0.25) is 0 Å². The molecule has 6 heteroatoms. The van der Waals surface area contributed by atoms with Crippen LogP contribution >= 0.6 is 23.2 Å². The normalized spacial score (nSPS) is 13.8. The molecule has 4 nitrogen and oxygen atoms in total. The van der Waals surface area contributed by atoms with Gasteiger partial charge >= 0.3 is 0 Å². The molecule has 88 valence electrons. The molecule has 0 saturated carbocycles. The topological polar surface area (TPSA) is 67.8 Å². The molecule has 1 atom stereocenters. The van der Waals surface area contributed by atoms with E-state index in [0.29, 0.717) is 22.2 Å². The molecule has 0 radical (unpaired) electrons. The lowest BCUT2D eigenvalue weighted by molar-refractivity contribution is 0.106. The Balaban J connectivity index is 3.06. The molecule has 0 aliphatic rings. The number of rotatable bonds is 4. The number of ether oxygens (including phenoxy) is 1. The van der Waals surface area contributed by atoms with Gasteiger partial charge in [0.15, 0.2) is 5.84 Å². The molecular formula is C10H12Cl2N2O2. The second kappa shape index (κ2) is 5.94. The average molecular weight is 263 g/mol. The van der Waals surface area contributed by atoms with Crippen molar-refractivity contribution in [1.82, 2.24) is 0 Å². The van der Waals surface area contributed by atoms with E-state index in [0.717, 1.165) is 0 Å². The third-order valence-corrected chi connectivity index (χ3v) is 2.70. The quantitative estimate of drug-likeness (QED) is 0.380. The summed E-state index contributed by atoms with van der Waals surface area (Å²) in [7, 11) is 0. The predicted molar refractivity (Wildman–Crippen MR) is 64.2 cm³/mol. The first-order valence-electron chi connectivity index (χ1n) is 4.64. The van der Waals surface area contributed by atoms with E-state index in [9.17, 15) is 0 Å². The van der Waals surface area contributed by atoms with E-state index >= 15 is 0 Å². The Bertz CT molecular complexity index is 396. The van der Waals surface area contributed by atoms with Gasteiger partial charge in [0.1, 0.15) is 6.10 Å². The maximum absolute atomic E-state index is 8.64. The van der Waals surface area contributed by atoms with Crippen LogP contribution in [0.2, 0.25) is 10.0 Å². The highest BCUT2D eigenvalue weighted by Crippen LogP contribution is 2.27. The Morgan fingerprint density at radius 2 is 2.19 bits per heavy atom. The molecule has 0 bridgehead atoms. The molecule has 0 fully saturated rings. The zero-order valence-electron chi connectivity index (χ0n) is 8.65. The molecule has 1 rings (SSSR count). The van der Waals surface area contributed by atoms with Crippen LogP contribution in [0.1, 0.15) is 18.6 Å². The number of oxime groups is 1. The molecule has 0 aliphatic heterocycles. The van der Waals surface area contributed by atoms with E-state index in [-0.39, 0.29) is 5.84 Å². The van der Waals surface area contributed by atoms with Crippen molar-refractivity contribution >= 4 is 29.0 Å². The SMILES string of the molecule is CCO[C@H](/C(N)=N\O)c1ccc(Cl)c(Cl)c1. The Morgan fingerprint density at radius 3 is 2.69 bits per heavy atom. The van der Waals surface area contributed by atoms with Gasteiger partial charge in [0.2, 0.25) is 0 Å². The van der Waals surface area contributed by atoms with E-state index in [4.69, 9.17) is 38.9 Å². The van der Waals surface area contributed by atoms with Crippen LogP contribution in [-0.4, -0.2) is 17.6 Å². The smallest absolute Gasteiger partial charge is 0.173 e. The van der Waals surface area contributed by atoms with Crippen LogP contribution in [0.25, 0.3) is 0 Å². The van der Waals surface area contributed by atoms with Crippen LogP contribution in [0.3, 0.4) is 0 Å². The first-order chi connectivity index (χ1) is 7.60. The lowest BCUT2D eigenvalue weighted by atomic mass is 10.1. The Kier molecular flexibility index (Phi) is 4.86. The number of hydrogen-bond donors (Lipinski definition) is 2. The van der Waals surface area contributed by atoms with Gasteiger partial charge in [0, 0.05) is 6.61 Å². The second-order valence-corrected chi connectivity index (χ2v) is 3.85. The summed E-state index contributed by atoms with van der Waals surface area (Å²) in [5.74, 6) is -0.0276. The lowest BCUT2D eigenvalue weighted by Crippen LogP contribution is -2.24. The summed E-state index contributed by atoms with van der Waals surface area (Å²) in [5.41, 5.74) is 6.21.